The second-order valence-corrected chi connectivity index (χ2v) is 5.45. The largest absolute Gasteiger partial charge is 0.496 e. The summed E-state index contributed by atoms with van der Waals surface area (Å²) >= 11 is 0. The van der Waals surface area contributed by atoms with E-state index >= 15 is 0 Å². The molecule has 25 heavy (non-hydrogen) atoms. The highest BCUT2D eigenvalue weighted by molar-refractivity contribution is 5.90. The van der Waals surface area contributed by atoms with Crippen LogP contribution in [0, 0.1) is 6.92 Å². The number of ether oxygens (including phenoxy) is 2. The molecule has 3 rings (SSSR count). The van der Waals surface area contributed by atoms with Gasteiger partial charge in [-0.3, -0.25) is 0 Å². The molecular formula is C20H16O5. The van der Waals surface area contributed by atoms with Crippen LogP contribution in [0.5, 0.6) is 11.5 Å². The zero-order valence-electron chi connectivity index (χ0n) is 13.8. The number of carbonyl (C=O) groups excluding carboxylic acids is 1. The van der Waals surface area contributed by atoms with Crippen molar-refractivity contribution < 1.29 is 18.7 Å². The summed E-state index contributed by atoms with van der Waals surface area (Å²) in [6.45, 7) is 1.96. The van der Waals surface area contributed by atoms with Crippen LogP contribution in [0.4, 0.5) is 0 Å². The lowest BCUT2D eigenvalue weighted by atomic mass is 10.1. The van der Waals surface area contributed by atoms with Gasteiger partial charge in [-0.2, -0.15) is 0 Å². The quantitative estimate of drug-likeness (QED) is 0.314. The Kier molecular flexibility index (Phi) is 4.66. The van der Waals surface area contributed by atoms with Crippen molar-refractivity contribution in [2.24, 2.45) is 0 Å². The van der Waals surface area contributed by atoms with Crippen molar-refractivity contribution in [3.63, 3.8) is 0 Å². The van der Waals surface area contributed by atoms with E-state index in [0.717, 1.165) is 16.5 Å². The van der Waals surface area contributed by atoms with Crippen molar-refractivity contribution in [1.82, 2.24) is 0 Å². The van der Waals surface area contributed by atoms with Crippen molar-refractivity contribution in [2.45, 2.75) is 6.92 Å². The van der Waals surface area contributed by atoms with Crippen LogP contribution in [-0.2, 0) is 4.79 Å². The molecule has 126 valence electrons. The summed E-state index contributed by atoms with van der Waals surface area (Å²) in [4.78, 5) is 23.3. The molecule has 3 aromatic rings. The summed E-state index contributed by atoms with van der Waals surface area (Å²) in [6.07, 6.45) is 2.96. The van der Waals surface area contributed by atoms with Crippen LogP contribution in [0.3, 0.4) is 0 Å². The van der Waals surface area contributed by atoms with Gasteiger partial charge in [0.25, 0.3) is 0 Å². The van der Waals surface area contributed by atoms with E-state index in [9.17, 15) is 9.59 Å². The summed E-state index contributed by atoms with van der Waals surface area (Å²) in [5.41, 5.74) is 1.74. The first-order chi connectivity index (χ1) is 12.0. The molecule has 0 aliphatic rings. The Labute approximate surface area is 144 Å². The number of benzene rings is 2. The fourth-order valence-corrected chi connectivity index (χ4v) is 2.40. The Morgan fingerprint density at radius 1 is 1.08 bits per heavy atom. The van der Waals surface area contributed by atoms with E-state index in [0.29, 0.717) is 17.1 Å². The number of methoxy groups -OCH3 is 1. The van der Waals surface area contributed by atoms with E-state index in [-0.39, 0.29) is 0 Å². The normalized spacial score (nSPS) is 11.0. The van der Waals surface area contributed by atoms with Crippen molar-refractivity contribution in [2.75, 3.05) is 7.11 Å². The highest BCUT2D eigenvalue weighted by atomic mass is 16.5. The molecule has 0 saturated heterocycles. The Morgan fingerprint density at radius 2 is 1.88 bits per heavy atom. The number of esters is 1. The monoisotopic (exact) mass is 336 g/mol. The van der Waals surface area contributed by atoms with Gasteiger partial charge in [-0.25, -0.2) is 9.59 Å². The van der Waals surface area contributed by atoms with Crippen LogP contribution >= 0.6 is 0 Å². The van der Waals surface area contributed by atoms with Crippen LogP contribution in [0.25, 0.3) is 17.0 Å². The standard InChI is InChI=1S/C20H16O5/c1-13-3-8-17(23-2)15(11-13)6-10-19(21)24-16-7-4-14-5-9-20(22)25-18(14)12-16/h3-12H,1-2H3/b10-6+. The molecule has 0 fully saturated rings. The fraction of sp³-hybridized carbons (Fsp3) is 0.100. The Morgan fingerprint density at radius 3 is 2.68 bits per heavy atom. The van der Waals surface area contributed by atoms with Gasteiger partial charge in [-0.05, 0) is 43.3 Å². The molecule has 5 heteroatoms. The van der Waals surface area contributed by atoms with Crippen molar-refractivity contribution >= 4 is 23.0 Å². The molecule has 0 aliphatic carbocycles. The van der Waals surface area contributed by atoms with Crippen LogP contribution in [0.1, 0.15) is 11.1 Å². The average Bonchev–Trinajstić information content (AvgIpc) is 2.59. The summed E-state index contributed by atoms with van der Waals surface area (Å²) in [6, 6.07) is 13.5. The zero-order chi connectivity index (χ0) is 17.8. The average molecular weight is 336 g/mol. The molecule has 0 atom stereocenters. The van der Waals surface area contributed by atoms with Crippen LogP contribution in [0.15, 0.2) is 63.8 Å². The van der Waals surface area contributed by atoms with E-state index in [1.807, 2.05) is 25.1 Å². The lowest BCUT2D eigenvalue weighted by Gasteiger charge is -2.06. The third-order valence-electron chi connectivity index (χ3n) is 3.60. The maximum Gasteiger partial charge on any atom is 0.336 e. The van der Waals surface area contributed by atoms with E-state index < -0.39 is 11.6 Å². The van der Waals surface area contributed by atoms with Gasteiger partial charge in [0.15, 0.2) is 0 Å². The third kappa shape index (κ3) is 3.95. The number of hydrogen-bond donors (Lipinski definition) is 0. The summed E-state index contributed by atoms with van der Waals surface area (Å²) in [7, 11) is 1.57. The molecule has 0 unspecified atom stereocenters. The summed E-state index contributed by atoms with van der Waals surface area (Å²) in [5, 5.41) is 0.749. The first-order valence-electron chi connectivity index (χ1n) is 7.63. The van der Waals surface area contributed by atoms with E-state index in [1.54, 1.807) is 31.4 Å². The zero-order valence-corrected chi connectivity index (χ0v) is 13.8. The van der Waals surface area contributed by atoms with Gasteiger partial charge in [-0.15, -0.1) is 0 Å². The molecule has 1 aromatic heterocycles. The third-order valence-corrected chi connectivity index (χ3v) is 3.60. The highest BCUT2D eigenvalue weighted by Gasteiger charge is 2.05. The molecule has 0 aliphatic heterocycles. The molecule has 2 aromatic carbocycles. The van der Waals surface area contributed by atoms with Gasteiger partial charge in [0.2, 0.25) is 0 Å². The number of carbonyl (C=O) groups is 1. The van der Waals surface area contributed by atoms with Gasteiger partial charge in [0.1, 0.15) is 17.1 Å². The number of hydrogen-bond acceptors (Lipinski definition) is 5. The molecular weight excluding hydrogens is 320 g/mol. The van der Waals surface area contributed by atoms with Crippen molar-refractivity contribution in [3.05, 3.63) is 76.2 Å². The Balaban J connectivity index is 1.78. The second-order valence-electron chi connectivity index (χ2n) is 5.45. The van der Waals surface area contributed by atoms with Crippen molar-refractivity contribution in [1.29, 1.82) is 0 Å². The Hall–Kier alpha value is -3.34. The SMILES string of the molecule is COc1ccc(C)cc1/C=C/C(=O)Oc1ccc2ccc(=O)oc2c1. The molecule has 0 bridgehead atoms. The van der Waals surface area contributed by atoms with Crippen molar-refractivity contribution in [3.8, 4) is 11.5 Å². The number of aryl methyl sites for hydroxylation is 1. The minimum Gasteiger partial charge on any atom is -0.496 e. The Bertz CT molecular complexity index is 1010. The van der Waals surface area contributed by atoms with E-state index in [1.165, 1.54) is 18.2 Å². The molecule has 0 amide bonds. The summed E-state index contributed by atoms with van der Waals surface area (Å²) < 4.78 is 15.6. The molecule has 0 spiro atoms. The number of rotatable bonds is 4. The molecule has 0 N–H and O–H groups in total. The second kappa shape index (κ2) is 7.05. The topological polar surface area (TPSA) is 65.7 Å². The smallest absolute Gasteiger partial charge is 0.336 e. The van der Waals surface area contributed by atoms with E-state index in [2.05, 4.69) is 0 Å². The predicted molar refractivity (Wildman–Crippen MR) is 94.9 cm³/mol. The maximum absolute atomic E-state index is 12.0. The van der Waals surface area contributed by atoms with Gasteiger partial charge >= 0.3 is 11.6 Å². The fourth-order valence-electron chi connectivity index (χ4n) is 2.40. The molecule has 0 radical (unpaired) electrons. The maximum atomic E-state index is 12.0. The van der Waals surface area contributed by atoms with Crippen LogP contribution < -0.4 is 15.1 Å². The predicted octanol–water partition coefficient (Wildman–Crippen LogP) is 3.73. The molecule has 5 nitrogen and oxygen atoms in total. The lowest BCUT2D eigenvalue weighted by Crippen LogP contribution is -2.04. The van der Waals surface area contributed by atoms with E-state index in [4.69, 9.17) is 13.9 Å². The van der Waals surface area contributed by atoms with Crippen LogP contribution in [-0.4, -0.2) is 13.1 Å². The van der Waals surface area contributed by atoms with Gasteiger partial charge in [0, 0.05) is 29.2 Å². The molecule has 0 saturated carbocycles. The van der Waals surface area contributed by atoms with Gasteiger partial charge < -0.3 is 13.9 Å². The highest BCUT2D eigenvalue weighted by Crippen LogP contribution is 2.22. The van der Waals surface area contributed by atoms with Gasteiger partial charge in [0.05, 0.1) is 7.11 Å². The minimum absolute atomic E-state index is 0.299. The first-order valence-corrected chi connectivity index (χ1v) is 7.63. The number of fused-ring (bicyclic) bond motifs is 1. The summed E-state index contributed by atoms with van der Waals surface area (Å²) in [5.74, 6) is 0.427. The van der Waals surface area contributed by atoms with Crippen LogP contribution in [0.2, 0.25) is 0 Å². The minimum atomic E-state index is -0.541. The lowest BCUT2D eigenvalue weighted by molar-refractivity contribution is -0.128. The van der Waals surface area contributed by atoms with Gasteiger partial charge in [-0.1, -0.05) is 11.6 Å². The molecule has 1 heterocycles. The first kappa shape index (κ1) is 16.5.